The van der Waals surface area contributed by atoms with Crippen molar-refractivity contribution in [1.29, 1.82) is 5.26 Å². The van der Waals surface area contributed by atoms with Gasteiger partial charge in [-0.1, -0.05) is 20.8 Å². The molecule has 0 aliphatic heterocycles. The predicted molar refractivity (Wildman–Crippen MR) is 103 cm³/mol. The Balaban J connectivity index is 1.89. The summed E-state index contributed by atoms with van der Waals surface area (Å²) in [4.78, 5) is 11.2. The number of nitrogens with one attached hydrogen (secondary N) is 2. The van der Waals surface area contributed by atoms with Gasteiger partial charge < -0.3 is 15.5 Å². The van der Waals surface area contributed by atoms with Crippen molar-refractivity contribution in [2.75, 3.05) is 36.8 Å². The van der Waals surface area contributed by atoms with Crippen molar-refractivity contribution in [3.05, 3.63) is 11.8 Å². The highest BCUT2D eigenvalue weighted by Crippen LogP contribution is 2.26. The lowest BCUT2D eigenvalue weighted by atomic mass is 9.87. The second-order valence-corrected chi connectivity index (χ2v) is 6.98. The molecule has 1 heterocycles. The molecule has 0 bridgehead atoms. The van der Waals surface area contributed by atoms with E-state index in [1.165, 1.54) is 12.8 Å². The van der Waals surface area contributed by atoms with E-state index in [2.05, 4.69) is 52.3 Å². The van der Waals surface area contributed by atoms with E-state index in [9.17, 15) is 5.26 Å². The van der Waals surface area contributed by atoms with E-state index in [0.29, 0.717) is 23.4 Å². The lowest BCUT2D eigenvalue weighted by Crippen LogP contribution is -2.26. The lowest BCUT2D eigenvalue weighted by molar-refractivity contribution is 0.303. The van der Waals surface area contributed by atoms with E-state index in [4.69, 9.17) is 0 Å². The van der Waals surface area contributed by atoms with Crippen molar-refractivity contribution in [3.8, 4) is 6.07 Å². The van der Waals surface area contributed by atoms with Crippen LogP contribution in [0.25, 0.3) is 0 Å². The molecule has 6 nitrogen and oxygen atoms in total. The van der Waals surface area contributed by atoms with Crippen LogP contribution in [-0.2, 0) is 0 Å². The highest BCUT2D eigenvalue weighted by Gasteiger charge is 2.19. The minimum Gasteiger partial charge on any atom is -0.366 e. The summed E-state index contributed by atoms with van der Waals surface area (Å²) in [7, 11) is 0. The van der Waals surface area contributed by atoms with Crippen LogP contribution in [-0.4, -0.2) is 47.1 Å². The van der Waals surface area contributed by atoms with E-state index in [1.54, 1.807) is 6.20 Å². The van der Waals surface area contributed by atoms with Crippen LogP contribution in [0, 0.1) is 17.2 Å². The van der Waals surface area contributed by atoms with Crippen molar-refractivity contribution in [1.82, 2.24) is 14.9 Å². The minimum absolute atomic E-state index is 0.411. The Morgan fingerprint density at radius 3 is 2.60 bits per heavy atom. The molecule has 2 rings (SSSR count). The van der Waals surface area contributed by atoms with Crippen LogP contribution in [0.2, 0.25) is 0 Å². The van der Waals surface area contributed by atoms with Crippen LogP contribution < -0.4 is 10.6 Å². The van der Waals surface area contributed by atoms with Crippen molar-refractivity contribution >= 4 is 11.8 Å². The minimum atomic E-state index is 0.411. The van der Waals surface area contributed by atoms with Gasteiger partial charge in [0.2, 0.25) is 5.95 Å². The van der Waals surface area contributed by atoms with Crippen LogP contribution >= 0.6 is 0 Å². The van der Waals surface area contributed by atoms with E-state index in [-0.39, 0.29) is 0 Å². The van der Waals surface area contributed by atoms with Gasteiger partial charge in [-0.3, -0.25) is 0 Å². The number of nitrogens with zero attached hydrogens (tertiary/aromatic N) is 4. The molecule has 1 saturated carbocycles. The number of aromatic nitrogens is 2. The second kappa shape index (κ2) is 10.2. The number of hydrogen-bond acceptors (Lipinski definition) is 6. The molecule has 25 heavy (non-hydrogen) atoms. The fourth-order valence-corrected chi connectivity index (χ4v) is 3.30. The van der Waals surface area contributed by atoms with Gasteiger partial charge in [-0.05, 0) is 57.7 Å². The molecule has 6 heteroatoms. The molecule has 1 aromatic heterocycles. The Labute approximate surface area is 152 Å². The molecular weight excluding hydrogens is 312 g/mol. The maximum atomic E-state index is 9.31. The summed E-state index contributed by atoms with van der Waals surface area (Å²) in [6, 6.07) is 2.61. The van der Waals surface area contributed by atoms with Crippen LogP contribution in [0.4, 0.5) is 11.8 Å². The molecule has 0 spiro atoms. The summed E-state index contributed by atoms with van der Waals surface area (Å²) >= 11 is 0. The molecule has 138 valence electrons. The van der Waals surface area contributed by atoms with Crippen molar-refractivity contribution in [2.45, 2.75) is 58.9 Å². The first kappa shape index (κ1) is 19.5. The SMILES string of the molecule is CCN(CC)CCCNc1ncc(C#N)c(NC2CCC(C)CC2)n1. The monoisotopic (exact) mass is 344 g/mol. The highest BCUT2D eigenvalue weighted by molar-refractivity contribution is 5.53. The van der Waals surface area contributed by atoms with Gasteiger partial charge in [0.05, 0.1) is 6.20 Å². The third kappa shape index (κ3) is 6.17. The Bertz CT molecular complexity index is 556. The fourth-order valence-electron chi connectivity index (χ4n) is 3.30. The van der Waals surface area contributed by atoms with Crippen LogP contribution in [0.1, 0.15) is 58.4 Å². The third-order valence-electron chi connectivity index (χ3n) is 5.09. The Morgan fingerprint density at radius 2 is 1.96 bits per heavy atom. The molecule has 1 aliphatic carbocycles. The first-order valence-electron chi connectivity index (χ1n) is 9.66. The summed E-state index contributed by atoms with van der Waals surface area (Å²) in [5, 5.41) is 16.1. The molecular formula is C19H32N6. The van der Waals surface area contributed by atoms with Gasteiger partial charge in [0.1, 0.15) is 17.5 Å². The number of rotatable bonds is 9. The maximum Gasteiger partial charge on any atom is 0.224 e. The highest BCUT2D eigenvalue weighted by atomic mass is 15.2. The molecule has 2 N–H and O–H groups in total. The van der Waals surface area contributed by atoms with Crippen molar-refractivity contribution in [3.63, 3.8) is 0 Å². The zero-order valence-electron chi connectivity index (χ0n) is 15.9. The molecule has 0 amide bonds. The molecule has 0 aromatic carbocycles. The quantitative estimate of drug-likeness (QED) is 0.668. The Hall–Kier alpha value is -1.87. The molecule has 1 aliphatic rings. The van der Waals surface area contributed by atoms with Crippen LogP contribution in [0.15, 0.2) is 6.20 Å². The van der Waals surface area contributed by atoms with E-state index in [1.807, 2.05) is 0 Å². The van der Waals surface area contributed by atoms with Gasteiger partial charge in [-0.2, -0.15) is 10.2 Å². The van der Waals surface area contributed by atoms with Gasteiger partial charge in [-0.15, -0.1) is 0 Å². The molecule has 0 atom stereocenters. The number of nitriles is 1. The van der Waals surface area contributed by atoms with Gasteiger partial charge >= 0.3 is 0 Å². The largest absolute Gasteiger partial charge is 0.366 e. The van der Waals surface area contributed by atoms with E-state index < -0.39 is 0 Å². The van der Waals surface area contributed by atoms with Gasteiger partial charge in [0.15, 0.2) is 0 Å². The summed E-state index contributed by atoms with van der Waals surface area (Å²) in [6.07, 6.45) is 7.43. The zero-order chi connectivity index (χ0) is 18.1. The number of hydrogen-bond donors (Lipinski definition) is 2. The van der Waals surface area contributed by atoms with E-state index in [0.717, 1.165) is 51.4 Å². The standard InChI is InChI=1S/C19H32N6/c1-4-25(5-2)12-6-11-21-19-22-14-16(13-20)18(24-19)23-17-9-7-15(3)8-10-17/h14-15,17H,4-12H2,1-3H3,(H2,21,22,23,24). The topological polar surface area (TPSA) is 76.9 Å². The molecule has 0 saturated heterocycles. The third-order valence-corrected chi connectivity index (χ3v) is 5.09. The van der Waals surface area contributed by atoms with Gasteiger partial charge in [0, 0.05) is 12.6 Å². The fraction of sp³-hybridized carbons (Fsp3) is 0.737. The van der Waals surface area contributed by atoms with Gasteiger partial charge in [0.25, 0.3) is 0 Å². The second-order valence-electron chi connectivity index (χ2n) is 6.98. The molecule has 1 aromatic rings. The first-order valence-corrected chi connectivity index (χ1v) is 9.66. The van der Waals surface area contributed by atoms with Crippen LogP contribution in [0.5, 0.6) is 0 Å². The summed E-state index contributed by atoms with van der Waals surface area (Å²) in [5.74, 6) is 2.08. The van der Waals surface area contributed by atoms with Gasteiger partial charge in [-0.25, -0.2) is 4.98 Å². The lowest BCUT2D eigenvalue weighted by Gasteiger charge is -2.27. The first-order chi connectivity index (χ1) is 12.2. The number of anilines is 2. The molecule has 1 fully saturated rings. The maximum absolute atomic E-state index is 9.31. The average Bonchev–Trinajstić information content (AvgIpc) is 2.64. The predicted octanol–water partition coefficient (Wildman–Crippen LogP) is 3.48. The average molecular weight is 345 g/mol. The van der Waals surface area contributed by atoms with Crippen molar-refractivity contribution < 1.29 is 0 Å². The molecule has 0 unspecified atom stereocenters. The Morgan fingerprint density at radius 1 is 1.24 bits per heavy atom. The Kier molecular flexibility index (Phi) is 7.93. The molecule has 0 radical (unpaired) electrons. The summed E-state index contributed by atoms with van der Waals surface area (Å²) in [6.45, 7) is 10.7. The van der Waals surface area contributed by atoms with Crippen LogP contribution in [0.3, 0.4) is 0 Å². The summed E-state index contributed by atoms with van der Waals surface area (Å²) < 4.78 is 0. The smallest absolute Gasteiger partial charge is 0.224 e. The zero-order valence-corrected chi connectivity index (χ0v) is 15.9. The normalized spacial score (nSPS) is 20.3. The summed E-state index contributed by atoms with van der Waals surface area (Å²) in [5.41, 5.74) is 0.521. The van der Waals surface area contributed by atoms with Crippen molar-refractivity contribution in [2.24, 2.45) is 5.92 Å². The van der Waals surface area contributed by atoms with E-state index >= 15 is 0 Å².